The van der Waals surface area contributed by atoms with E-state index < -0.39 is 11.9 Å². The van der Waals surface area contributed by atoms with Crippen molar-refractivity contribution < 1.29 is 19.8 Å². The molecule has 19 heavy (non-hydrogen) atoms. The van der Waals surface area contributed by atoms with Crippen LogP contribution in [0.5, 0.6) is 0 Å². The topological polar surface area (TPSA) is 74.6 Å². The highest BCUT2D eigenvalue weighted by atomic mass is 16.4. The molecule has 0 saturated heterocycles. The summed E-state index contributed by atoms with van der Waals surface area (Å²) in [6.07, 6.45) is 1.77. The molecule has 1 aromatic carbocycles. The zero-order valence-corrected chi connectivity index (χ0v) is 11.6. The summed E-state index contributed by atoms with van der Waals surface area (Å²) in [6.45, 7) is 5.65. The Bertz CT molecular complexity index is 491. The molecule has 0 spiro atoms. The third-order valence-electron chi connectivity index (χ3n) is 3.56. The van der Waals surface area contributed by atoms with Crippen molar-refractivity contribution in [3.8, 4) is 0 Å². The summed E-state index contributed by atoms with van der Waals surface area (Å²) in [5.41, 5.74) is 2.84. The third-order valence-corrected chi connectivity index (χ3v) is 3.56. The molecule has 1 aromatic rings. The van der Waals surface area contributed by atoms with Gasteiger partial charge in [-0.2, -0.15) is 0 Å². The van der Waals surface area contributed by atoms with Gasteiger partial charge in [-0.05, 0) is 48.9 Å². The predicted octanol–water partition coefficient (Wildman–Crippen LogP) is 3.36. The Labute approximate surface area is 113 Å². The lowest BCUT2D eigenvalue weighted by Crippen LogP contribution is -2.10. The Hall–Kier alpha value is -1.84. The van der Waals surface area contributed by atoms with Gasteiger partial charge in [-0.15, -0.1) is 0 Å². The minimum absolute atomic E-state index is 0.0518. The van der Waals surface area contributed by atoms with E-state index in [1.807, 2.05) is 13.8 Å². The van der Waals surface area contributed by atoms with Crippen LogP contribution in [-0.4, -0.2) is 22.2 Å². The number of hydrogen-bond acceptors (Lipinski definition) is 2. The lowest BCUT2D eigenvalue weighted by atomic mass is 9.85. The fourth-order valence-corrected chi connectivity index (χ4v) is 2.44. The molecule has 0 aliphatic heterocycles. The van der Waals surface area contributed by atoms with Crippen molar-refractivity contribution >= 4 is 11.9 Å². The van der Waals surface area contributed by atoms with Crippen molar-refractivity contribution in [3.63, 3.8) is 0 Å². The third kappa shape index (κ3) is 3.56. The van der Waals surface area contributed by atoms with Gasteiger partial charge in [0.15, 0.2) is 0 Å². The first kappa shape index (κ1) is 15.2. The number of carboxylic acid groups (broad SMARTS) is 2. The second-order valence-electron chi connectivity index (χ2n) is 4.84. The van der Waals surface area contributed by atoms with E-state index in [4.69, 9.17) is 10.2 Å². The molecule has 2 N–H and O–H groups in total. The van der Waals surface area contributed by atoms with Crippen LogP contribution in [0.3, 0.4) is 0 Å². The molecule has 4 nitrogen and oxygen atoms in total. The fourth-order valence-electron chi connectivity index (χ4n) is 2.44. The highest BCUT2D eigenvalue weighted by Gasteiger charge is 2.19. The van der Waals surface area contributed by atoms with E-state index in [0.29, 0.717) is 0 Å². The van der Waals surface area contributed by atoms with Crippen molar-refractivity contribution in [2.75, 3.05) is 0 Å². The van der Waals surface area contributed by atoms with E-state index >= 15 is 0 Å². The van der Waals surface area contributed by atoms with Gasteiger partial charge in [0.05, 0.1) is 12.0 Å². The molecule has 0 aromatic heterocycles. The Morgan fingerprint density at radius 2 is 1.79 bits per heavy atom. The van der Waals surface area contributed by atoms with Crippen LogP contribution in [0.4, 0.5) is 0 Å². The molecular weight excluding hydrogens is 244 g/mol. The minimum atomic E-state index is -0.947. The molecule has 1 rings (SSSR count). The van der Waals surface area contributed by atoms with Gasteiger partial charge in [0, 0.05) is 0 Å². The summed E-state index contributed by atoms with van der Waals surface area (Å²) in [6, 6.07) is 3.33. The van der Waals surface area contributed by atoms with Crippen LogP contribution < -0.4 is 0 Å². The van der Waals surface area contributed by atoms with Crippen LogP contribution in [-0.2, 0) is 4.79 Å². The maximum absolute atomic E-state index is 11.1. The van der Waals surface area contributed by atoms with Gasteiger partial charge in [-0.1, -0.05) is 19.4 Å². The number of benzene rings is 1. The molecule has 0 fully saturated rings. The summed E-state index contributed by atoms with van der Waals surface area (Å²) in [5.74, 6) is -1.82. The van der Waals surface area contributed by atoms with Crippen LogP contribution >= 0.6 is 0 Å². The lowest BCUT2D eigenvalue weighted by Gasteiger charge is -2.19. The summed E-state index contributed by atoms with van der Waals surface area (Å²) in [4.78, 5) is 22.0. The first-order chi connectivity index (χ1) is 8.88. The molecule has 0 aliphatic rings. The van der Waals surface area contributed by atoms with Crippen LogP contribution in [0.25, 0.3) is 0 Å². The van der Waals surface area contributed by atoms with Crippen LogP contribution in [0.1, 0.15) is 59.2 Å². The van der Waals surface area contributed by atoms with Crippen LogP contribution in [0.15, 0.2) is 12.1 Å². The van der Waals surface area contributed by atoms with E-state index in [2.05, 4.69) is 0 Å². The second kappa shape index (κ2) is 6.36. The van der Waals surface area contributed by atoms with E-state index in [1.54, 1.807) is 19.1 Å². The molecule has 0 aliphatic carbocycles. The normalized spacial score (nSPS) is 12.2. The number of aliphatic carboxylic acids is 1. The summed E-state index contributed by atoms with van der Waals surface area (Å²) < 4.78 is 0. The van der Waals surface area contributed by atoms with Crippen molar-refractivity contribution in [2.24, 2.45) is 0 Å². The van der Waals surface area contributed by atoms with Gasteiger partial charge in [0.1, 0.15) is 0 Å². The van der Waals surface area contributed by atoms with Crippen molar-refractivity contribution in [1.82, 2.24) is 0 Å². The second-order valence-corrected chi connectivity index (χ2v) is 4.84. The Balaban J connectivity index is 3.21. The number of rotatable bonds is 6. The number of aromatic carboxylic acids is 1. The zero-order chi connectivity index (χ0) is 14.6. The predicted molar refractivity (Wildman–Crippen MR) is 72.8 cm³/mol. The SMILES string of the molecule is CCCC(CC(=O)O)c1ccc(C(=O)O)c(C)c1C. The first-order valence-corrected chi connectivity index (χ1v) is 6.43. The lowest BCUT2D eigenvalue weighted by molar-refractivity contribution is -0.137. The average molecular weight is 264 g/mol. The van der Waals surface area contributed by atoms with Crippen LogP contribution in [0.2, 0.25) is 0 Å². The molecular formula is C15H20O4. The Kier molecular flexibility index (Phi) is 5.10. The standard InChI is InChI=1S/C15H20O4/c1-4-5-11(8-14(16)17)12-6-7-13(15(18)19)10(3)9(12)2/h6-7,11H,4-5,8H2,1-3H3,(H,16,17)(H,18,19). The van der Waals surface area contributed by atoms with E-state index in [-0.39, 0.29) is 17.9 Å². The Morgan fingerprint density at radius 3 is 2.26 bits per heavy atom. The number of carboxylic acids is 2. The van der Waals surface area contributed by atoms with Gasteiger partial charge in [-0.25, -0.2) is 4.79 Å². The molecule has 0 radical (unpaired) electrons. The molecule has 1 atom stereocenters. The largest absolute Gasteiger partial charge is 0.481 e. The quantitative estimate of drug-likeness (QED) is 0.826. The van der Waals surface area contributed by atoms with Crippen LogP contribution in [0, 0.1) is 13.8 Å². The Morgan fingerprint density at radius 1 is 1.16 bits per heavy atom. The first-order valence-electron chi connectivity index (χ1n) is 6.43. The molecule has 0 saturated carbocycles. The number of carbonyl (C=O) groups is 2. The van der Waals surface area contributed by atoms with E-state index in [9.17, 15) is 9.59 Å². The molecule has 1 unspecified atom stereocenters. The monoisotopic (exact) mass is 264 g/mol. The fraction of sp³-hybridized carbons (Fsp3) is 0.467. The average Bonchev–Trinajstić information content (AvgIpc) is 2.31. The molecule has 0 heterocycles. The van der Waals surface area contributed by atoms with E-state index in [0.717, 1.165) is 29.5 Å². The van der Waals surface area contributed by atoms with Crippen molar-refractivity contribution in [3.05, 3.63) is 34.4 Å². The van der Waals surface area contributed by atoms with Gasteiger partial charge >= 0.3 is 11.9 Å². The van der Waals surface area contributed by atoms with Gasteiger partial charge < -0.3 is 10.2 Å². The van der Waals surface area contributed by atoms with Crippen molar-refractivity contribution in [2.45, 2.75) is 46.0 Å². The minimum Gasteiger partial charge on any atom is -0.481 e. The molecule has 104 valence electrons. The summed E-state index contributed by atoms with van der Waals surface area (Å²) in [5, 5.41) is 18.1. The maximum atomic E-state index is 11.1. The smallest absolute Gasteiger partial charge is 0.335 e. The molecule has 0 amide bonds. The summed E-state index contributed by atoms with van der Waals surface area (Å²) in [7, 11) is 0. The molecule has 0 bridgehead atoms. The highest BCUT2D eigenvalue weighted by Crippen LogP contribution is 2.30. The number of hydrogen-bond donors (Lipinski definition) is 2. The maximum Gasteiger partial charge on any atom is 0.335 e. The molecule has 4 heteroatoms. The van der Waals surface area contributed by atoms with Gasteiger partial charge in [0.2, 0.25) is 0 Å². The van der Waals surface area contributed by atoms with Gasteiger partial charge in [-0.3, -0.25) is 4.79 Å². The van der Waals surface area contributed by atoms with E-state index in [1.165, 1.54) is 0 Å². The highest BCUT2D eigenvalue weighted by molar-refractivity contribution is 5.90. The zero-order valence-electron chi connectivity index (χ0n) is 11.6. The van der Waals surface area contributed by atoms with Gasteiger partial charge in [0.25, 0.3) is 0 Å². The summed E-state index contributed by atoms with van der Waals surface area (Å²) >= 11 is 0. The van der Waals surface area contributed by atoms with Crippen molar-refractivity contribution in [1.29, 1.82) is 0 Å².